The highest BCUT2D eigenvalue weighted by Crippen LogP contribution is 2.54. The average molecular weight is 598 g/mol. The van der Waals surface area contributed by atoms with Crippen LogP contribution in [0.2, 0.25) is 0 Å². The molecule has 0 aliphatic carbocycles. The van der Waals surface area contributed by atoms with Gasteiger partial charge < -0.3 is 33.3 Å². The lowest BCUT2D eigenvalue weighted by Crippen LogP contribution is -2.60. The van der Waals surface area contributed by atoms with Crippen LogP contribution in [-0.2, 0) is 29.1 Å². The molecular formula is C32H43N3O8. The predicted octanol–water partition coefficient (Wildman–Crippen LogP) is 3.89. The molecule has 11 heteroatoms. The maximum absolute atomic E-state index is 11.3. The van der Waals surface area contributed by atoms with Crippen LogP contribution in [0.15, 0.2) is 48.5 Å². The monoisotopic (exact) mass is 597 g/mol. The summed E-state index contributed by atoms with van der Waals surface area (Å²) in [4.78, 5) is 15.5. The van der Waals surface area contributed by atoms with Crippen LogP contribution in [-0.4, -0.2) is 108 Å². The fourth-order valence-corrected chi connectivity index (χ4v) is 5.93. The Labute approximate surface area is 253 Å². The quantitative estimate of drug-likeness (QED) is 0.265. The van der Waals surface area contributed by atoms with Gasteiger partial charge in [-0.2, -0.15) is 0 Å². The Kier molecular flexibility index (Phi) is 10.7. The Bertz CT molecular complexity index is 1240. The van der Waals surface area contributed by atoms with E-state index in [-0.39, 0.29) is 10.6 Å². The predicted molar refractivity (Wildman–Crippen MR) is 163 cm³/mol. The van der Waals surface area contributed by atoms with Gasteiger partial charge in [0, 0.05) is 49.6 Å². The van der Waals surface area contributed by atoms with Gasteiger partial charge in [0.2, 0.25) is 5.72 Å². The van der Waals surface area contributed by atoms with Gasteiger partial charge in [-0.05, 0) is 43.7 Å². The third-order valence-corrected chi connectivity index (χ3v) is 8.35. The fourth-order valence-electron chi connectivity index (χ4n) is 5.93. The van der Waals surface area contributed by atoms with Crippen molar-refractivity contribution in [1.29, 1.82) is 0 Å². The summed E-state index contributed by atoms with van der Waals surface area (Å²) in [5, 5.41) is 11.3. The zero-order chi connectivity index (χ0) is 30.1. The summed E-state index contributed by atoms with van der Waals surface area (Å²) >= 11 is 0. The first-order valence-corrected chi connectivity index (χ1v) is 15.1. The van der Waals surface area contributed by atoms with E-state index < -0.39 is 11.1 Å². The number of ether oxygens (including phenoxy) is 6. The Balaban J connectivity index is 1.21. The second-order valence-corrected chi connectivity index (χ2v) is 11.3. The summed E-state index contributed by atoms with van der Waals surface area (Å²) < 4.78 is 35.5. The van der Waals surface area contributed by atoms with Crippen LogP contribution in [0.5, 0.6) is 5.75 Å². The van der Waals surface area contributed by atoms with Gasteiger partial charge in [0.1, 0.15) is 5.75 Å². The maximum Gasteiger partial charge on any atom is 0.270 e. The van der Waals surface area contributed by atoms with Gasteiger partial charge in [-0.15, -0.1) is 0 Å². The Hall–Kier alpha value is -3.06. The highest BCUT2D eigenvalue weighted by molar-refractivity contribution is 5.73. The van der Waals surface area contributed by atoms with Crippen molar-refractivity contribution in [3.8, 4) is 5.75 Å². The van der Waals surface area contributed by atoms with E-state index in [1.165, 1.54) is 11.6 Å². The van der Waals surface area contributed by atoms with E-state index in [1.54, 1.807) is 12.1 Å². The van der Waals surface area contributed by atoms with E-state index in [4.69, 9.17) is 28.4 Å². The molecule has 3 aliphatic rings. The van der Waals surface area contributed by atoms with Gasteiger partial charge >= 0.3 is 0 Å². The molecule has 0 radical (unpaired) electrons. The lowest BCUT2D eigenvalue weighted by Gasteiger charge is -2.47. The van der Waals surface area contributed by atoms with Crippen molar-refractivity contribution >= 4 is 17.5 Å². The summed E-state index contributed by atoms with van der Waals surface area (Å²) in [5.41, 5.74) is 1.82. The van der Waals surface area contributed by atoms with Crippen molar-refractivity contribution < 1.29 is 33.3 Å². The fraction of sp³-hybridized carbons (Fsp3) is 0.562. The standard InChI is InChI=1S/C32H43N3O8/c1-31(2)28-5-3-4-6-29(28)34(32(31)10-9-26-25-27(35(36)37)7-8-30(26)43-32)14-18-38-15-11-33-12-16-39-19-21-41-23-24-42-22-20-40-17-13-33/h3-10,25H,11-24H2,1-2H3. The molecule has 43 heavy (non-hydrogen) atoms. The molecule has 0 amide bonds. The lowest BCUT2D eigenvalue weighted by molar-refractivity contribution is -0.384. The SMILES string of the molecule is CC1(C)c2ccccc2N(CCOCCN2CCOCCOCCOCCOCC2)C12C=Cc1cc([N+](=O)[O-])ccc1O2. The van der Waals surface area contributed by atoms with Crippen molar-refractivity contribution in [1.82, 2.24) is 4.90 Å². The van der Waals surface area contributed by atoms with Gasteiger partial charge in [-0.25, -0.2) is 0 Å². The van der Waals surface area contributed by atoms with E-state index in [9.17, 15) is 10.1 Å². The summed E-state index contributed by atoms with van der Waals surface area (Å²) in [7, 11) is 0. The number of nitro benzene ring substituents is 1. The van der Waals surface area contributed by atoms with Gasteiger partial charge in [0.15, 0.2) is 0 Å². The van der Waals surface area contributed by atoms with Crippen LogP contribution in [0.25, 0.3) is 6.08 Å². The first kappa shape index (κ1) is 31.4. The highest BCUT2D eigenvalue weighted by atomic mass is 16.6. The topological polar surface area (TPSA) is 105 Å². The Morgan fingerprint density at radius 1 is 0.860 bits per heavy atom. The van der Waals surface area contributed by atoms with Crippen molar-refractivity contribution in [2.24, 2.45) is 0 Å². The minimum Gasteiger partial charge on any atom is -0.463 e. The number of anilines is 1. The van der Waals surface area contributed by atoms with E-state index in [1.807, 2.05) is 24.3 Å². The van der Waals surface area contributed by atoms with Crippen molar-refractivity contribution in [2.45, 2.75) is 25.0 Å². The molecule has 0 aromatic heterocycles. The molecule has 3 heterocycles. The number of nitrogens with zero attached hydrogens (tertiary/aromatic N) is 3. The third kappa shape index (κ3) is 7.19. The van der Waals surface area contributed by atoms with Crippen molar-refractivity contribution in [3.05, 3.63) is 69.8 Å². The van der Waals surface area contributed by atoms with Gasteiger partial charge in [0.05, 0.1) is 76.4 Å². The molecular weight excluding hydrogens is 554 g/mol. The molecule has 2 aromatic rings. The van der Waals surface area contributed by atoms with Crippen LogP contribution in [0, 0.1) is 10.1 Å². The number of hydrogen-bond donors (Lipinski definition) is 0. The molecule has 0 bridgehead atoms. The summed E-state index contributed by atoms with van der Waals surface area (Å²) in [6, 6.07) is 13.1. The Morgan fingerprint density at radius 2 is 1.49 bits per heavy atom. The zero-order valence-electron chi connectivity index (χ0n) is 25.2. The Morgan fingerprint density at radius 3 is 2.16 bits per heavy atom. The van der Waals surface area contributed by atoms with Crippen LogP contribution in [0.1, 0.15) is 25.0 Å². The first-order chi connectivity index (χ1) is 20.9. The smallest absolute Gasteiger partial charge is 0.270 e. The minimum atomic E-state index is -0.807. The largest absolute Gasteiger partial charge is 0.463 e. The zero-order valence-corrected chi connectivity index (χ0v) is 25.2. The summed E-state index contributed by atoms with van der Waals surface area (Å²) in [6.07, 6.45) is 3.98. The second-order valence-electron chi connectivity index (χ2n) is 11.3. The number of fused-ring (bicyclic) bond motifs is 2. The number of rotatable bonds is 7. The maximum atomic E-state index is 11.3. The first-order valence-electron chi connectivity index (χ1n) is 15.1. The normalized spacial score (nSPS) is 23.2. The molecule has 2 aromatic carbocycles. The van der Waals surface area contributed by atoms with E-state index in [0.717, 1.165) is 25.3 Å². The molecule has 3 aliphatic heterocycles. The van der Waals surface area contributed by atoms with E-state index in [0.29, 0.717) is 83.9 Å². The molecule has 0 saturated carbocycles. The lowest BCUT2D eigenvalue weighted by atomic mass is 9.76. The number of hydrogen-bond acceptors (Lipinski definition) is 10. The second kappa shape index (κ2) is 14.6. The number of para-hydroxylation sites is 1. The molecule has 234 valence electrons. The summed E-state index contributed by atoms with van der Waals surface area (Å²) in [5.74, 6) is 0.625. The van der Waals surface area contributed by atoms with Gasteiger partial charge in [-0.1, -0.05) is 18.2 Å². The van der Waals surface area contributed by atoms with Crippen LogP contribution >= 0.6 is 0 Å². The van der Waals surface area contributed by atoms with Crippen molar-refractivity contribution in [2.75, 3.05) is 97.1 Å². The molecule has 11 nitrogen and oxygen atoms in total. The third-order valence-electron chi connectivity index (χ3n) is 8.35. The van der Waals surface area contributed by atoms with Crippen molar-refractivity contribution in [3.63, 3.8) is 0 Å². The highest BCUT2D eigenvalue weighted by Gasteiger charge is 2.58. The summed E-state index contributed by atoms with van der Waals surface area (Å²) in [6.45, 7) is 13.0. The van der Waals surface area contributed by atoms with Crippen LogP contribution < -0.4 is 9.64 Å². The van der Waals surface area contributed by atoms with E-state index >= 15 is 0 Å². The van der Waals surface area contributed by atoms with Crippen LogP contribution in [0.4, 0.5) is 11.4 Å². The van der Waals surface area contributed by atoms with Gasteiger partial charge in [-0.3, -0.25) is 15.0 Å². The average Bonchev–Trinajstić information content (AvgIpc) is 3.17. The molecule has 1 fully saturated rings. The number of non-ortho nitro benzene ring substituents is 1. The van der Waals surface area contributed by atoms with Crippen LogP contribution in [0.3, 0.4) is 0 Å². The molecule has 5 rings (SSSR count). The van der Waals surface area contributed by atoms with E-state index in [2.05, 4.69) is 35.8 Å². The minimum absolute atomic E-state index is 0.0435. The molecule has 1 unspecified atom stereocenters. The van der Waals surface area contributed by atoms with Gasteiger partial charge in [0.25, 0.3) is 5.69 Å². The molecule has 1 atom stereocenters. The molecule has 1 spiro atoms. The molecule has 1 saturated heterocycles. The molecule has 0 N–H and O–H groups in total. The number of nitro groups is 1. The number of benzene rings is 2.